The Kier molecular flexibility index (Phi) is 8.29. The summed E-state index contributed by atoms with van der Waals surface area (Å²) in [7, 11) is 3.08. The lowest BCUT2D eigenvalue weighted by Gasteiger charge is -2.34. The molecule has 1 heterocycles. The van der Waals surface area contributed by atoms with Crippen molar-refractivity contribution < 1.29 is 28.6 Å². The first-order chi connectivity index (χ1) is 16.0. The van der Waals surface area contributed by atoms with E-state index in [1.165, 1.54) is 19.3 Å². The molecule has 0 aromatic heterocycles. The van der Waals surface area contributed by atoms with Gasteiger partial charge in [-0.25, -0.2) is 9.59 Å². The summed E-state index contributed by atoms with van der Waals surface area (Å²) < 4.78 is 15.5. The highest BCUT2D eigenvalue weighted by atomic mass is 16.5. The third kappa shape index (κ3) is 6.73. The molecule has 3 rings (SSSR count). The lowest BCUT2D eigenvalue weighted by molar-refractivity contribution is -0.148. The van der Waals surface area contributed by atoms with Gasteiger partial charge in [-0.15, -0.1) is 0 Å². The van der Waals surface area contributed by atoms with E-state index < -0.39 is 5.97 Å². The van der Waals surface area contributed by atoms with Crippen molar-refractivity contribution in [2.75, 3.05) is 52.3 Å². The Labute approximate surface area is 192 Å². The van der Waals surface area contributed by atoms with Crippen LogP contribution < -0.4 is 14.8 Å². The number of hydrogen-bond acceptors (Lipinski definition) is 6. The van der Waals surface area contributed by atoms with Crippen LogP contribution in [0.4, 0.5) is 10.5 Å². The normalized spacial score (nSPS) is 13.5. The van der Waals surface area contributed by atoms with Gasteiger partial charge in [0, 0.05) is 43.5 Å². The van der Waals surface area contributed by atoms with Crippen LogP contribution in [0, 0.1) is 0 Å². The number of carbonyl (C=O) groups excluding carboxylic acids is 3. The summed E-state index contributed by atoms with van der Waals surface area (Å²) in [6.07, 6.45) is 2.77. The van der Waals surface area contributed by atoms with Gasteiger partial charge in [0.25, 0.3) is 5.91 Å². The Morgan fingerprint density at radius 3 is 2.30 bits per heavy atom. The molecule has 0 bridgehead atoms. The maximum absolute atomic E-state index is 12.4. The first-order valence-electron chi connectivity index (χ1n) is 10.5. The van der Waals surface area contributed by atoms with Crippen molar-refractivity contribution in [2.24, 2.45) is 0 Å². The van der Waals surface area contributed by atoms with Crippen LogP contribution in [0.25, 0.3) is 6.08 Å². The number of methoxy groups -OCH3 is 2. The summed E-state index contributed by atoms with van der Waals surface area (Å²) in [6, 6.07) is 14.2. The fraction of sp³-hybridized carbons (Fsp3) is 0.292. The van der Waals surface area contributed by atoms with Crippen LogP contribution in [0.5, 0.6) is 11.5 Å². The molecule has 2 aromatic carbocycles. The number of anilines is 1. The third-order valence-corrected chi connectivity index (χ3v) is 5.12. The average Bonchev–Trinajstić information content (AvgIpc) is 2.86. The zero-order valence-electron chi connectivity index (χ0n) is 18.7. The van der Waals surface area contributed by atoms with Gasteiger partial charge in [0.1, 0.15) is 11.5 Å². The van der Waals surface area contributed by atoms with Gasteiger partial charge < -0.3 is 29.3 Å². The van der Waals surface area contributed by atoms with E-state index >= 15 is 0 Å². The number of amides is 3. The number of hydrogen-bond donors (Lipinski definition) is 1. The molecule has 1 saturated heterocycles. The van der Waals surface area contributed by atoms with Crippen LogP contribution in [0.1, 0.15) is 5.56 Å². The molecule has 1 aliphatic rings. The average molecular weight is 453 g/mol. The van der Waals surface area contributed by atoms with Gasteiger partial charge in [0.2, 0.25) is 0 Å². The molecule has 0 spiro atoms. The minimum absolute atomic E-state index is 0.210. The minimum atomic E-state index is -0.644. The van der Waals surface area contributed by atoms with E-state index in [9.17, 15) is 14.4 Å². The fourth-order valence-electron chi connectivity index (χ4n) is 3.28. The summed E-state index contributed by atoms with van der Waals surface area (Å²) in [5.41, 5.74) is 1.36. The number of nitrogens with zero attached hydrogens (tertiary/aromatic N) is 2. The maximum atomic E-state index is 12.4. The van der Waals surface area contributed by atoms with E-state index in [-0.39, 0.29) is 18.5 Å². The number of esters is 1. The standard InChI is InChI=1S/C24H27N3O6/c1-31-20-9-10-21(32-2)18(16-20)8-11-23(29)33-17-22(28)26-12-14-27(15-13-26)24(30)25-19-6-4-3-5-7-19/h3-11,16H,12-15,17H2,1-2H3,(H,25,30)/b11-8+. The molecule has 0 unspecified atom stereocenters. The Morgan fingerprint density at radius 2 is 1.64 bits per heavy atom. The quantitative estimate of drug-likeness (QED) is 0.511. The molecular formula is C24H27N3O6. The predicted octanol–water partition coefficient (Wildman–Crippen LogP) is 2.64. The summed E-state index contributed by atoms with van der Waals surface area (Å²) in [6.45, 7) is 1.17. The molecule has 0 saturated carbocycles. The Hall–Kier alpha value is -4.01. The summed E-state index contributed by atoms with van der Waals surface area (Å²) in [5, 5.41) is 2.83. The number of nitrogens with one attached hydrogen (secondary N) is 1. The first kappa shape index (κ1) is 23.6. The second kappa shape index (κ2) is 11.6. The molecule has 9 nitrogen and oxygen atoms in total. The first-order valence-corrected chi connectivity index (χ1v) is 10.5. The summed E-state index contributed by atoms with van der Waals surface area (Å²) >= 11 is 0. The van der Waals surface area contributed by atoms with Gasteiger partial charge in [-0.1, -0.05) is 18.2 Å². The highest BCUT2D eigenvalue weighted by molar-refractivity contribution is 5.90. The summed E-state index contributed by atoms with van der Waals surface area (Å²) in [5.74, 6) is 0.244. The third-order valence-electron chi connectivity index (χ3n) is 5.12. The number of benzene rings is 2. The van der Waals surface area contributed by atoms with Gasteiger partial charge in [-0.05, 0) is 36.4 Å². The van der Waals surface area contributed by atoms with Gasteiger partial charge in [0.15, 0.2) is 6.61 Å². The smallest absolute Gasteiger partial charge is 0.331 e. The molecule has 9 heteroatoms. The van der Waals surface area contributed by atoms with Gasteiger partial charge in [-0.3, -0.25) is 4.79 Å². The lowest BCUT2D eigenvalue weighted by Crippen LogP contribution is -2.52. The predicted molar refractivity (Wildman–Crippen MR) is 123 cm³/mol. The molecule has 0 aliphatic carbocycles. The Bertz CT molecular complexity index is 1000. The molecule has 1 N–H and O–H groups in total. The van der Waals surface area contributed by atoms with Crippen molar-refractivity contribution in [3.63, 3.8) is 0 Å². The van der Waals surface area contributed by atoms with Gasteiger partial charge in [-0.2, -0.15) is 0 Å². The van der Waals surface area contributed by atoms with E-state index in [1.54, 1.807) is 35.1 Å². The van der Waals surface area contributed by atoms with Crippen molar-refractivity contribution in [3.8, 4) is 11.5 Å². The van der Waals surface area contributed by atoms with Crippen LogP contribution in [0.3, 0.4) is 0 Å². The maximum Gasteiger partial charge on any atom is 0.331 e. The van der Waals surface area contributed by atoms with Crippen molar-refractivity contribution in [2.45, 2.75) is 0 Å². The van der Waals surface area contributed by atoms with Crippen molar-refractivity contribution >= 4 is 29.7 Å². The van der Waals surface area contributed by atoms with Crippen LogP contribution in [0.2, 0.25) is 0 Å². The number of piperazine rings is 1. The molecule has 33 heavy (non-hydrogen) atoms. The van der Waals surface area contributed by atoms with Crippen LogP contribution in [0.15, 0.2) is 54.6 Å². The number of rotatable bonds is 7. The highest BCUT2D eigenvalue weighted by Crippen LogP contribution is 2.25. The minimum Gasteiger partial charge on any atom is -0.497 e. The highest BCUT2D eigenvalue weighted by Gasteiger charge is 2.24. The number of para-hydroxylation sites is 1. The monoisotopic (exact) mass is 453 g/mol. The molecule has 0 radical (unpaired) electrons. The van der Waals surface area contributed by atoms with Crippen molar-refractivity contribution in [1.82, 2.24) is 9.80 Å². The van der Waals surface area contributed by atoms with Crippen LogP contribution in [-0.2, 0) is 14.3 Å². The largest absolute Gasteiger partial charge is 0.497 e. The molecule has 174 valence electrons. The van der Waals surface area contributed by atoms with Crippen molar-refractivity contribution in [1.29, 1.82) is 0 Å². The SMILES string of the molecule is COc1ccc(OC)c(/C=C/C(=O)OCC(=O)N2CCN(C(=O)Nc3ccccc3)CC2)c1. The molecule has 0 atom stereocenters. The molecule has 3 amide bonds. The lowest BCUT2D eigenvalue weighted by atomic mass is 10.1. The molecule has 2 aromatic rings. The Balaban J connectivity index is 1.43. The van der Waals surface area contributed by atoms with Crippen LogP contribution in [-0.4, -0.2) is 74.7 Å². The Morgan fingerprint density at radius 1 is 0.939 bits per heavy atom. The fourth-order valence-corrected chi connectivity index (χ4v) is 3.28. The second-order valence-corrected chi connectivity index (χ2v) is 7.21. The molecule has 1 aliphatic heterocycles. The van der Waals surface area contributed by atoms with Crippen LogP contribution >= 0.6 is 0 Å². The zero-order valence-corrected chi connectivity index (χ0v) is 18.7. The van der Waals surface area contributed by atoms with E-state index in [2.05, 4.69) is 5.32 Å². The topological polar surface area (TPSA) is 97.4 Å². The zero-order chi connectivity index (χ0) is 23.6. The van der Waals surface area contributed by atoms with E-state index in [1.807, 2.05) is 30.3 Å². The second-order valence-electron chi connectivity index (χ2n) is 7.21. The van der Waals surface area contributed by atoms with Crippen molar-refractivity contribution in [3.05, 3.63) is 60.2 Å². The number of ether oxygens (including phenoxy) is 3. The van der Waals surface area contributed by atoms with Gasteiger partial charge >= 0.3 is 12.0 Å². The summed E-state index contributed by atoms with van der Waals surface area (Å²) in [4.78, 5) is 40.0. The number of urea groups is 1. The van der Waals surface area contributed by atoms with Gasteiger partial charge in [0.05, 0.1) is 14.2 Å². The number of carbonyl (C=O) groups is 3. The van der Waals surface area contributed by atoms with E-state index in [4.69, 9.17) is 14.2 Å². The van der Waals surface area contributed by atoms with E-state index in [0.717, 1.165) is 0 Å². The van der Waals surface area contributed by atoms with E-state index in [0.29, 0.717) is 48.9 Å². The molecule has 1 fully saturated rings. The molecular weight excluding hydrogens is 426 g/mol.